The van der Waals surface area contributed by atoms with Crippen LogP contribution in [0, 0.1) is 10.1 Å². The van der Waals surface area contributed by atoms with Gasteiger partial charge < -0.3 is 9.88 Å². The fraction of sp³-hybridized carbons (Fsp3) is 0.0526. The van der Waals surface area contributed by atoms with Crippen LogP contribution in [0.4, 0.5) is 11.5 Å². The number of fused-ring (bicyclic) bond motifs is 4. The number of aromatic amines is 1. The van der Waals surface area contributed by atoms with Crippen molar-refractivity contribution in [3.63, 3.8) is 0 Å². The van der Waals surface area contributed by atoms with E-state index in [1.807, 2.05) is 34.7 Å². The first-order valence-corrected chi connectivity index (χ1v) is 9.11. The number of hydrogen-bond donors (Lipinski definition) is 1. The number of amidine groups is 1. The number of rotatable bonds is 2. The number of pyridine rings is 1. The van der Waals surface area contributed by atoms with E-state index in [-0.39, 0.29) is 17.3 Å². The second-order valence-electron chi connectivity index (χ2n) is 6.22. The van der Waals surface area contributed by atoms with Gasteiger partial charge in [-0.2, -0.15) is 0 Å². The number of hydrogen-bond acceptors (Lipinski definition) is 6. The van der Waals surface area contributed by atoms with Crippen molar-refractivity contribution in [1.82, 2.24) is 9.88 Å². The van der Waals surface area contributed by atoms with E-state index in [0.29, 0.717) is 11.2 Å². The zero-order valence-electron chi connectivity index (χ0n) is 13.8. The lowest BCUT2D eigenvalue weighted by atomic mass is 9.92. The second-order valence-corrected chi connectivity index (χ2v) is 7.09. The fourth-order valence-electron chi connectivity index (χ4n) is 3.55. The molecule has 0 fully saturated rings. The summed E-state index contributed by atoms with van der Waals surface area (Å²) in [6.45, 7) is 0. The molecule has 0 spiro atoms. The molecule has 3 heterocycles. The van der Waals surface area contributed by atoms with E-state index in [4.69, 9.17) is 0 Å². The van der Waals surface area contributed by atoms with Crippen LogP contribution in [0.1, 0.15) is 17.2 Å². The monoisotopic (exact) mass is 376 g/mol. The minimum absolute atomic E-state index is 0.0429. The first-order chi connectivity index (χ1) is 13.1. The van der Waals surface area contributed by atoms with Gasteiger partial charge >= 0.3 is 0 Å². The van der Waals surface area contributed by atoms with Gasteiger partial charge in [-0.3, -0.25) is 14.9 Å². The largest absolute Gasteiger partial charge is 0.315 e. The van der Waals surface area contributed by atoms with Gasteiger partial charge in [0.25, 0.3) is 11.2 Å². The molecule has 0 saturated heterocycles. The number of benzene rings is 2. The Kier molecular flexibility index (Phi) is 3.41. The standard InChI is InChI=1S/C19H12N4O3S/c24-18-14-4-2-1-3-13(14)15-16(11-5-7-12(8-6-11)23(25)26)22-9-10-27-19(22)21-17(15)20-18/h1-10,16H,(H,20,24). The number of H-pyrrole nitrogens is 1. The molecule has 0 radical (unpaired) electrons. The molecule has 0 aliphatic carbocycles. The zero-order chi connectivity index (χ0) is 18.5. The fourth-order valence-corrected chi connectivity index (χ4v) is 4.30. The van der Waals surface area contributed by atoms with E-state index in [9.17, 15) is 14.9 Å². The van der Waals surface area contributed by atoms with E-state index in [0.717, 1.165) is 21.7 Å². The Balaban J connectivity index is 1.80. The number of nitro benzene ring substituents is 1. The van der Waals surface area contributed by atoms with Crippen molar-refractivity contribution in [2.75, 3.05) is 0 Å². The van der Waals surface area contributed by atoms with Crippen LogP contribution in [-0.2, 0) is 0 Å². The summed E-state index contributed by atoms with van der Waals surface area (Å²) in [6.07, 6.45) is 1.94. The summed E-state index contributed by atoms with van der Waals surface area (Å²) >= 11 is 1.47. The number of nitrogens with one attached hydrogen (secondary N) is 1. The minimum atomic E-state index is -0.413. The molecule has 1 unspecified atom stereocenters. The van der Waals surface area contributed by atoms with E-state index in [1.165, 1.54) is 23.9 Å². The maximum absolute atomic E-state index is 12.5. The number of nitro groups is 1. The highest BCUT2D eigenvalue weighted by Crippen LogP contribution is 2.45. The molecule has 0 amide bonds. The lowest BCUT2D eigenvalue weighted by Crippen LogP contribution is -2.30. The van der Waals surface area contributed by atoms with Crippen LogP contribution in [0.5, 0.6) is 0 Å². The highest BCUT2D eigenvalue weighted by molar-refractivity contribution is 8.16. The van der Waals surface area contributed by atoms with E-state index in [1.54, 1.807) is 18.2 Å². The second kappa shape index (κ2) is 5.82. The smallest absolute Gasteiger partial charge is 0.269 e. The van der Waals surface area contributed by atoms with Crippen molar-refractivity contribution in [3.8, 4) is 0 Å². The first kappa shape index (κ1) is 15.8. The van der Waals surface area contributed by atoms with Crippen LogP contribution >= 0.6 is 11.8 Å². The van der Waals surface area contributed by atoms with Gasteiger partial charge in [0, 0.05) is 29.3 Å². The maximum Gasteiger partial charge on any atom is 0.269 e. The normalized spacial score (nSPS) is 17.6. The number of non-ortho nitro benzene ring substituents is 1. The minimum Gasteiger partial charge on any atom is -0.315 e. The third-order valence-electron chi connectivity index (χ3n) is 4.74. The molecule has 5 rings (SSSR count). The van der Waals surface area contributed by atoms with Gasteiger partial charge in [-0.15, -0.1) is 0 Å². The Morgan fingerprint density at radius 3 is 2.59 bits per heavy atom. The number of thioether (sulfide) groups is 1. The topological polar surface area (TPSA) is 91.6 Å². The lowest BCUT2D eigenvalue weighted by Gasteiger charge is -2.33. The van der Waals surface area contributed by atoms with Crippen molar-refractivity contribution in [2.24, 2.45) is 4.99 Å². The Bertz CT molecular complexity index is 1210. The summed E-state index contributed by atoms with van der Waals surface area (Å²) in [4.78, 5) is 32.6. The SMILES string of the molecule is O=c1[nH]c2c(c3ccccc13)C(c1ccc([N+](=O)[O-])cc1)N1C=CSC1=N2. The third kappa shape index (κ3) is 2.37. The highest BCUT2D eigenvalue weighted by Gasteiger charge is 2.34. The predicted molar refractivity (Wildman–Crippen MR) is 105 cm³/mol. The molecule has 27 heavy (non-hydrogen) atoms. The van der Waals surface area contributed by atoms with Crippen LogP contribution < -0.4 is 5.56 Å². The van der Waals surface area contributed by atoms with Crippen molar-refractivity contribution in [2.45, 2.75) is 6.04 Å². The van der Waals surface area contributed by atoms with Crippen LogP contribution in [-0.4, -0.2) is 20.0 Å². The van der Waals surface area contributed by atoms with Gasteiger partial charge in [0.05, 0.1) is 11.0 Å². The maximum atomic E-state index is 12.5. The molecule has 2 aromatic carbocycles. The average Bonchev–Trinajstić information content (AvgIpc) is 3.15. The molecule has 8 heteroatoms. The zero-order valence-corrected chi connectivity index (χ0v) is 14.6. The number of nitrogens with zero attached hydrogens (tertiary/aromatic N) is 3. The van der Waals surface area contributed by atoms with Gasteiger partial charge in [0.15, 0.2) is 5.17 Å². The molecule has 3 aromatic rings. The molecular formula is C19H12N4O3S. The van der Waals surface area contributed by atoms with Gasteiger partial charge in [0.1, 0.15) is 5.82 Å². The molecule has 7 nitrogen and oxygen atoms in total. The van der Waals surface area contributed by atoms with E-state index in [2.05, 4.69) is 9.98 Å². The average molecular weight is 376 g/mol. The predicted octanol–water partition coefficient (Wildman–Crippen LogP) is 4.05. The Labute approximate surface area is 157 Å². The molecule has 1 aromatic heterocycles. The molecule has 132 valence electrons. The van der Waals surface area contributed by atoms with Gasteiger partial charge in [-0.05, 0) is 34.6 Å². The van der Waals surface area contributed by atoms with E-state index < -0.39 is 4.92 Å². The van der Waals surface area contributed by atoms with Crippen molar-refractivity contribution in [1.29, 1.82) is 0 Å². The Morgan fingerprint density at radius 1 is 1.11 bits per heavy atom. The molecule has 1 N–H and O–H groups in total. The summed E-state index contributed by atoms with van der Waals surface area (Å²) in [7, 11) is 0. The first-order valence-electron chi connectivity index (χ1n) is 8.23. The molecule has 0 bridgehead atoms. The molecule has 2 aliphatic rings. The van der Waals surface area contributed by atoms with Gasteiger partial charge in [-0.1, -0.05) is 30.0 Å². The molecule has 2 aliphatic heterocycles. The summed E-state index contributed by atoms with van der Waals surface area (Å²) in [5.41, 5.74) is 1.63. The Morgan fingerprint density at radius 2 is 1.85 bits per heavy atom. The summed E-state index contributed by atoms with van der Waals surface area (Å²) < 4.78 is 0. The summed E-state index contributed by atoms with van der Waals surface area (Å²) in [5, 5.41) is 15.1. The summed E-state index contributed by atoms with van der Waals surface area (Å²) in [6, 6.07) is 13.7. The van der Waals surface area contributed by atoms with Gasteiger partial charge in [0.2, 0.25) is 0 Å². The molecular weight excluding hydrogens is 364 g/mol. The van der Waals surface area contributed by atoms with E-state index >= 15 is 0 Å². The third-order valence-corrected chi connectivity index (χ3v) is 5.51. The summed E-state index contributed by atoms with van der Waals surface area (Å²) in [5.74, 6) is 0.532. The van der Waals surface area contributed by atoms with Crippen molar-refractivity contribution >= 4 is 39.2 Å². The van der Waals surface area contributed by atoms with Crippen LogP contribution in [0.25, 0.3) is 10.8 Å². The van der Waals surface area contributed by atoms with Crippen LogP contribution in [0.2, 0.25) is 0 Å². The molecule has 0 saturated carbocycles. The lowest BCUT2D eigenvalue weighted by molar-refractivity contribution is -0.384. The quantitative estimate of drug-likeness (QED) is 0.538. The van der Waals surface area contributed by atoms with Crippen LogP contribution in [0.3, 0.4) is 0 Å². The Hall–Kier alpha value is -3.39. The highest BCUT2D eigenvalue weighted by atomic mass is 32.2. The number of aliphatic imine (C=N–C) groups is 1. The number of aromatic nitrogens is 1. The van der Waals surface area contributed by atoms with Crippen molar-refractivity contribution < 1.29 is 4.92 Å². The van der Waals surface area contributed by atoms with Crippen LogP contribution in [0.15, 0.2) is 69.9 Å². The van der Waals surface area contributed by atoms with Gasteiger partial charge in [-0.25, -0.2) is 4.99 Å². The molecule has 1 atom stereocenters. The van der Waals surface area contributed by atoms with Crippen molar-refractivity contribution in [3.05, 3.63) is 91.7 Å².